The van der Waals surface area contributed by atoms with Gasteiger partial charge in [-0.2, -0.15) is 0 Å². The molecule has 0 saturated heterocycles. The molecule has 0 bridgehead atoms. The molecule has 0 fully saturated rings. The zero-order valence-electron chi connectivity index (χ0n) is 17.2. The lowest BCUT2D eigenvalue weighted by molar-refractivity contribution is -0.115. The van der Waals surface area contributed by atoms with Gasteiger partial charge < -0.3 is 20.7 Å². The number of carbonyl (C=O) groups is 2. The summed E-state index contributed by atoms with van der Waals surface area (Å²) in [5, 5.41) is 7.95. The highest BCUT2D eigenvalue weighted by atomic mass is 16.5. The molecule has 30 heavy (non-hydrogen) atoms. The highest BCUT2D eigenvalue weighted by molar-refractivity contribution is 5.97. The second-order valence-corrected chi connectivity index (χ2v) is 6.88. The van der Waals surface area contributed by atoms with E-state index in [2.05, 4.69) is 20.9 Å². The minimum atomic E-state index is -0.464. The summed E-state index contributed by atoms with van der Waals surface area (Å²) in [6.07, 6.45) is 1.59. The molecular formula is C23H24N4O3. The highest BCUT2D eigenvalue weighted by Crippen LogP contribution is 2.30. The van der Waals surface area contributed by atoms with E-state index in [1.165, 1.54) is 0 Å². The summed E-state index contributed by atoms with van der Waals surface area (Å²) in [7, 11) is 0. The first-order valence-electron chi connectivity index (χ1n) is 9.53. The summed E-state index contributed by atoms with van der Waals surface area (Å²) < 4.78 is 5.91. The molecule has 0 unspecified atom stereocenters. The summed E-state index contributed by atoms with van der Waals surface area (Å²) in [5.41, 5.74) is 4.19. The number of aromatic nitrogens is 1. The van der Waals surface area contributed by atoms with Crippen molar-refractivity contribution in [1.82, 2.24) is 10.3 Å². The lowest BCUT2D eigenvalue weighted by atomic mass is 10.1. The number of pyridine rings is 1. The lowest BCUT2D eigenvalue weighted by Gasteiger charge is -2.14. The molecular weight excluding hydrogens is 380 g/mol. The fourth-order valence-electron chi connectivity index (χ4n) is 2.76. The quantitative estimate of drug-likeness (QED) is 0.562. The first-order chi connectivity index (χ1) is 14.4. The number of benzene rings is 2. The molecule has 3 aromatic rings. The lowest BCUT2D eigenvalue weighted by Crippen LogP contribution is -2.35. The molecule has 0 spiro atoms. The van der Waals surface area contributed by atoms with Crippen molar-refractivity contribution in [2.24, 2.45) is 0 Å². The molecule has 1 aromatic heterocycles. The smallest absolute Gasteiger partial charge is 0.319 e. The molecule has 3 N–H and O–H groups in total. The second kappa shape index (κ2) is 9.56. The Morgan fingerprint density at radius 2 is 1.77 bits per heavy atom. The van der Waals surface area contributed by atoms with Crippen molar-refractivity contribution in [3.63, 3.8) is 0 Å². The van der Waals surface area contributed by atoms with Crippen LogP contribution in [0.3, 0.4) is 0 Å². The predicted octanol–water partition coefficient (Wildman–Crippen LogP) is 4.56. The van der Waals surface area contributed by atoms with Gasteiger partial charge in [0.1, 0.15) is 11.4 Å². The summed E-state index contributed by atoms with van der Waals surface area (Å²) in [5.74, 6) is 0.553. The van der Waals surface area contributed by atoms with E-state index in [1.807, 2.05) is 57.2 Å². The van der Waals surface area contributed by atoms with Crippen LogP contribution in [-0.4, -0.2) is 23.5 Å². The highest BCUT2D eigenvalue weighted by Gasteiger charge is 2.12. The molecule has 0 aliphatic heterocycles. The van der Waals surface area contributed by atoms with E-state index in [0.717, 1.165) is 16.7 Å². The van der Waals surface area contributed by atoms with Crippen LogP contribution in [0.15, 0.2) is 60.8 Å². The fraction of sp³-hybridized carbons (Fsp3) is 0.174. The number of amides is 3. The van der Waals surface area contributed by atoms with Crippen LogP contribution in [-0.2, 0) is 4.79 Å². The summed E-state index contributed by atoms with van der Waals surface area (Å²) >= 11 is 0. The summed E-state index contributed by atoms with van der Waals surface area (Å²) in [4.78, 5) is 28.6. The number of ether oxygens (including phenoxy) is 1. The number of carbonyl (C=O) groups excluding carboxylic acids is 2. The van der Waals surface area contributed by atoms with Gasteiger partial charge in [-0.15, -0.1) is 0 Å². The maximum atomic E-state index is 12.3. The number of nitrogens with zero attached hydrogens (tertiary/aromatic N) is 1. The number of hydrogen-bond donors (Lipinski definition) is 3. The first-order valence-corrected chi connectivity index (χ1v) is 9.53. The Labute approximate surface area is 175 Å². The van der Waals surface area contributed by atoms with E-state index in [4.69, 9.17) is 4.74 Å². The maximum absolute atomic E-state index is 12.3. The van der Waals surface area contributed by atoms with Crippen LogP contribution in [0.5, 0.6) is 11.6 Å². The van der Waals surface area contributed by atoms with Crippen LogP contribution >= 0.6 is 0 Å². The molecule has 0 radical (unpaired) electrons. The molecule has 154 valence electrons. The molecule has 1 heterocycles. The van der Waals surface area contributed by atoms with Crippen molar-refractivity contribution in [3.8, 4) is 11.6 Å². The Balaban J connectivity index is 1.59. The maximum Gasteiger partial charge on any atom is 0.319 e. The van der Waals surface area contributed by atoms with E-state index in [1.54, 1.807) is 24.4 Å². The third-order valence-corrected chi connectivity index (χ3v) is 4.49. The standard InChI is InChI=1S/C23H24N4O3/c1-15-7-4-9-18(13-15)26-23(29)25-14-21(28)27-19-10-6-12-24-22(19)30-20-11-5-8-16(2)17(20)3/h4-13H,14H2,1-3H3,(H,27,28)(H2,25,26,29). The molecule has 0 saturated carbocycles. The van der Waals surface area contributed by atoms with Gasteiger partial charge in [0.15, 0.2) is 0 Å². The normalized spacial score (nSPS) is 10.2. The van der Waals surface area contributed by atoms with Gasteiger partial charge in [0.2, 0.25) is 11.8 Å². The van der Waals surface area contributed by atoms with Crippen LogP contribution in [0.4, 0.5) is 16.2 Å². The number of nitrogens with one attached hydrogen (secondary N) is 3. The van der Waals surface area contributed by atoms with Gasteiger partial charge in [0.25, 0.3) is 0 Å². The number of aryl methyl sites for hydroxylation is 2. The van der Waals surface area contributed by atoms with Crippen LogP contribution in [0.25, 0.3) is 0 Å². The van der Waals surface area contributed by atoms with Crippen molar-refractivity contribution in [2.75, 3.05) is 17.2 Å². The molecule has 3 amide bonds. The van der Waals surface area contributed by atoms with Crippen molar-refractivity contribution in [1.29, 1.82) is 0 Å². The van der Waals surface area contributed by atoms with Crippen molar-refractivity contribution < 1.29 is 14.3 Å². The average Bonchev–Trinajstić information content (AvgIpc) is 2.71. The molecule has 7 nitrogen and oxygen atoms in total. The largest absolute Gasteiger partial charge is 0.437 e. The minimum absolute atomic E-state index is 0.199. The summed E-state index contributed by atoms with van der Waals surface area (Å²) in [6.45, 7) is 5.69. The van der Waals surface area contributed by atoms with E-state index in [-0.39, 0.29) is 12.4 Å². The van der Waals surface area contributed by atoms with Gasteiger partial charge in [-0.3, -0.25) is 4.79 Å². The number of rotatable bonds is 6. The molecule has 3 rings (SSSR count). The monoisotopic (exact) mass is 404 g/mol. The van der Waals surface area contributed by atoms with Gasteiger partial charge in [0, 0.05) is 11.9 Å². The van der Waals surface area contributed by atoms with Crippen molar-refractivity contribution in [2.45, 2.75) is 20.8 Å². The van der Waals surface area contributed by atoms with E-state index in [9.17, 15) is 9.59 Å². The molecule has 7 heteroatoms. The van der Waals surface area contributed by atoms with Gasteiger partial charge in [-0.05, 0) is 67.8 Å². The van der Waals surface area contributed by atoms with Gasteiger partial charge >= 0.3 is 6.03 Å². The Kier molecular flexibility index (Phi) is 6.64. The van der Waals surface area contributed by atoms with Gasteiger partial charge in [-0.1, -0.05) is 24.3 Å². The number of anilines is 2. The first kappa shape index (κ1) is 20.9. The van der Waals surface area contributed by atoms with Crippen molar-refractivity contribution in [3.05, 3.63) is 77.5 Å². The zero-order chi connectivity index (χ0) is 21.5. The predicted molar refractivity (Wildman–Crippen MR) is 117 cm³/mol. The van der Waals surface area contributed by atoms with E-state index >= 15 is 0 Å². The Morgan fingerprint density at radius 3 is 2.57 bits per heavy atom. The summed E-state index contributed by atoms with van der Waals surface area (Å²) in [6, 6.07) is 16.1. The Morgan fingerprint density at radius 1 is 0.967 bits per heavy atom. The van der Waals surface area contributed by atoms with Gasteiger partial charge in [-0.25, -0.2) is 9.78 Å². The zero-order valence-corrected chi connectivity index (χ0v) is 17.2. The second-order valence-electron chi connectivity index (χ2n) is 6.88. The third-order valence-electron chi connectivity index (χ3n) is 4.49. The van der Waals surface area contributed by atoms with Crippen LogP contribution in [0.2, 0.25) is 0 Å². The van der Waals surface area contributed by atoms with Crippen molar-refractivity contribution >= 4 is 23.3 Å². The third kappa shape index (κ3) is 5.57. The molecule has 0 aliphatic carbocycles. The van der Waals surface area contributed by atoms with Crippen LogP contribution in [0.1, 0.15) is 16.7 Å². The number of urea groups is 1. The van der Waals surface area contributed by atoms with Crippen LogP contribution in [0, 0.1) is 20.8 Å². The average molecular weight is 404 g/mol. The SMILES string of the molecule is Cc1cccc(NC(=O)NCC(=O)Nc2cccnc2Oc2cccc(C)c2C)c1. The molecule has 0 aliphatic rings. The Bertz CT molecular complexity index is 1070. The van der Waals surface area contributed by atoms with Crippen LogP contribution < -0.4 is 20.7 Å². The molecule has 0 atom stereocenters. The minimum Gasteiger partial charge on any atom is -0.437 e. The fourth-order valence-corrected chi connectivity index (χ4v) is 2.76. The Hall–Kier alpha value is -3.87. The van der Waals surface area contributed by atoms with E-state index in [0.29, 0.717) is 17.1 Å². The topological polar surface area (TPSA) is 92.4 Å². The number of hydrogen-bond acceptors (Lipinski definition) is 4. The van der Waals surface area contributed by atoms with E-state index < -0.39 is 11.9 Å². The molecule has 2 aromatic carbocycles. The van der Waals surface area contributed by atoms with Gasteiger partial charge in [0.05, 0.1) is 6.54 Å².